The number of hydrogen-bond donors (Lipinski definition) is 1. The molecule has 1 N–H and O–H groups in total. The zero-order valence-corrected chi connectivity index (χ0v) is 15.3. The van der Waals surface area contributed by atoms with Crippen molar-refractivity contribution >= 4 is 22.5 Å². The molecule has 3 heterocycles. The van der Waals surface area contributed by atoms with Gasteiger partial charge in [0.2, 0.25) is 11.8 Å². The minimum absolute atomic E-state index is 0.0938. The maximum absolute atomic E-state index is 11.7. The van der Waals surface area contributed by atoms with Crippen molar-refractivity contribution in [1.82, 2.24) is 19.9 Å². The number of carbonyl (C=O) groups excluding carboxylic acids is 1. The number of amides is 1. The average molecular weight is 376 g/mol. The first-order valence-corrected chi connectivity index (χ1v) is 9.49. The van der Waals surface area contributed by atoms with E-state index in [9.17, 15) is 4.79 Å². The van der Waals surface area contributed by atoms with Crippen LogP contribution in [0.15, 0.2) is 53.1 Å². The van der Waals surface area contributed by atoms with Crippen LogP contribution in [0.25, 0.3) is 28.1 Å². The number of nitrogens with zero attached hydrogens (tertiary/aromatic N) is 3. The number of nitrogens with one attached hydrogen (secondary N) is 1. The molecule has 1 saturated carbocycles. The van der Waals surface area contributed by atoms with E-state index in [1.54, 1.807) is 16.8 Å². The second-order valence-electron chi connectivity index (χ2n) is 7.08. The van der Waals surface area contributed by atoms with E-state index in [2.05, 4.69) is 15.4 Å². The maximum atomic E-state index is 11.7. The summed E-state index contributed by atoms with van der Waals surface area (Å²) in [5, 5.41) is 8.43. The molecule has 1 amide bonds. The number of aromatic nitrogens is 3. The molecule has 3 aromatic heterocycles. The van der Waals surface area contributed by atoms with Gasteiger partial charge in [-0.15, -0.1) is 5.10 Å². The van der Waals surface area contributed by atoms with Crippen molar-refractivity contribution in [2.24, 2.45) is 5.92 Å². The molecule has 0 spiro atoms. The highest BCUT2D eigenvalue weighted by Gasteiger charge is 2.24. The highest BCUT2D eigenvalue weighted by molar-refractivity contribution is 5.82. The summed E-state index contributed by atoms with van der Waals surface area (Å²) in [7, 11) is 0. The van der Waals surface area contributed by atoms with Crippen molar-refractivity contribution < 1.29 is 13.9 Å². The SMILES string of the molecule is O=C(CC1CC1)NCCOc1ccc2ncc(-c3cc4ccccc4o3)n2n1. The zero-order valence-electron chi connectivity index (χ0n) is 15.3. The van der Waals surface area contributed by atoms with Gasteiger partial charge >= 0.3 is 0 Å². The number of fused-ring (bicyclic) bond motifs is 2. The van der Waals surface area contributed by atoms with Gasteiger partial charge in [-0.1, -0.05) is 18.2 Å². The van der Waals surface area contributed by atoms with Crippen LogP contribution in [0.4, 0.5) is 0 Å². The number of benzene rings is 1. The van der Waals surface area contributed by atoms with Crippen molar-refractivity contribution in [1.29, 1.82) is 0 Å². The van der Waals surface area contributed by atoms with E-state index >= 15 is 0 Å². The summed E-state index contributed by atoms with van der Waals surface area (Å²) < 4.78 is 13.3. The van der Waals surface area contributed by atoms with Crippen LogP contribution in [0.2, 0.25) is 0 Å². The third kappa shape index (κ3) is 3.43. The lowest BCUT2D eigenvalue weighted by atomic mass is 10.2. The first-order valence-electron chi connectivity index (χ1n) is 9.49. The molecule has 28 heavy (non-hydrogen) atoms. The van der Waals surface area contributed by atoms with Crippen LogP contribution in [-0.2, 0) is 4.79 Å². The first-order chi connectivity index (χ1) is 13.8. The van der Waals surface area contributed by atoms with Gasteiger partial charge in [0.25, 0.3) is 0 Å². The highest BCUT2D eigenvalue weighted by atomic mass is 16.5. The Morgan fingerprint density at radius 1 is 1.25 bits per heavy atom. The minimum atomic E-state index is 0.0938. The smallest absolute Gasteiger partial charge is 0.231 e. The summed E-state index contributed by atoms with van der Waals surface area (Å²) in [6.45, 7) is 0.829. The second-order valence-corrected chi connectivity index (χ2v) is 7.08. The maximum Gasteiger partial charge on any atom is 0.231 e. The molecule has 0 aliphatic heterocycles. The summed E-state index contributed by atoms with van der Waals surface area (Å²) in [4.78, 5) is 16.1. The van der Waals surface area contributed by atoms with Crippen LogP contribution in [0.1, 0.15) is 19.3 Å². The molecule has 0 unspecified atom stereocenters. The average Bonchev–Trinajstić information content (AvgIpc) is 3.26. The topological polar surface area (TPSA) is 81.7 Å². The van der Waals surface area contributed by atoms with Gasteiger partial charge in [-0.2, -0.15) is 0 Å². The van der Waals surface area contributed by atoms with E-state index in [0.717, 1.165) is 16.7 Å². The predicted octanol–water partition coefficient (Wildman–Crippen LogP) is 3.44. The molecule has 0 atom stereocenters. The summed E-state index contributed by atoms with van der Waals surface area (Å²) in [6.07, 6.45) is 4.71. The van der Waals surface area contributed by atoms with Gasteiger partial charge in [-0.05, 0) is 37.0 Å². The fraction of sp³-hybridized carbons (Fsp3) is 0.286. The van der Waals surface area contributed by atoms with E-state index < -0.39 is 0 Å². The van der Waals surface area contributed by atoms with Gasteiger partial charge in [0.15, 0.2) is 11.4 Å². The number of carbonyl (C=O) groups is 1. The summed E-state index contributed by atoms with van der Waals surface area (Å²) in [6, 6.07) is 13.5. The Hall–Kier alpha value is -3.35. The lowest BCUT2D eigenvalue weighted by Crippen LogP contribution is -2.28. The molecule has 1 aliphatic rings. The van der Waals surface area contributed by atoms with Crippen molar-refractivity contribution in [2.75, 3.05) is 13.2 Å². The quantitative estimate of drug-likeness (QED) is 0.500. The molecule has 0 saturated heterocycles. The summed E-state index contributed by atoms with van der Waals surface area (Å²) in [5.41, 5.74) is 2.29. The van der Waals surface area contributed by atoms with Crippen LogP contribution in [-0.4, -0.2) is 33.7 Å². The number of hydrogen-bond acceptors (Lipinski definition) is 5. The fourth-order valence-electron chi connectivity index (χ4n) is 3.21. The fourth-order valence-corrected chi connectivity index (χ4v) is 3.21. The van der Waals surface area contributed by atoms with Gasteiger partial charge < -0.3 is 14.5 Å². The van der Waals surface area contributed by atoms with Crippen molar-refractivity contribution in [3.63, 3.8) is 0 Å². The zero-order chi connectivity index (χ0) is 18.9. The normalized spacial score (nSPS) is 13.9. The molecule has 7 heteroatoms. The molecule has 0 bridgehead atoms. The monoisotopic (exact) mass is 376 g/mol. The molecule has 0 radical (unpaired) electrons. The third-order valence-electron chi connectivity index (χ3n) is 4.86. The van der Waals surface area contributed by atoms with Gasteiger partial charge in [0.1, 0.15) is 17.9 Å². The van der Waals surface area contributed by atoms with Crippen molar-refractivity contribution in [2.45, 2.75) is 19.3 Å². The highest BCUT2D eigenvalue weighted by Crippen LogP contribution is 2.32. The molecule has 1 fully saturated rings. The molecular weight excluding hydrogens is 356 g/mol. The van der Waals surface area contributed by atoms with Crippen LogP contribution in [0.5, 0.6) is 5.88 Å². The van der Waals surface area contributed by atoms with Gasteiger partial charge in [-0.3, -0.25) is 4.79 Å². The van der Waals surface area contributed by atoms with Crippen LogP contribution >= 0.6 is 0 Å². The Morgan fingerprint density at radius 2 is 2.14 bits per heavy atom. The first kappa shape index (κ1) is 16.8. The Kier molecular flexibility index (Phi) is 4.20. The largest absolute Gasteiger partial charge is 0.475 e. The Labute approximate surface area is 161 Å². The molecule has 142 valence electrons. The summed E-state index contributed by atoms with van der Waals surface area (Å²) in [5.74, 6) is 1.85. The van der Waals surface area contributed by atoms with Crippen molar-refractivity contribution in [3.8, 4) is 17.3 Å². The Balaban J connectivity index is 1.29. The number of ether oxygens (including phenoxy) is 1. The Morgan fingerprint density at radius 3 is 3.00 bits per heavy atom. The lowest BCUT2D eigenvalue weighted by molar-refractivity contribution is -0.121. The number of furan rings is 1. The van der Waals surface area contributed by atoms with Crippen LogP contribution in [0, 0.1) is 5.92 Å². The predicted molar refractivity (Wildman–Crippen MR) is 104 cm³/mol. The molecule has 7 nitrogen and oxygen atoms in total. The van der Waals surface area contributed by atoms with Crippen molar-refractivity contribution in [3.05, 3.63) is 48.7 Å². The third-order valence-corrected chi connectivity index (χ3v) is 4.86. The Bertz CT molecular complexity index is 1110. The molecule has 5 rings (SSSR count). The number of rotatable bonds is 7. The lowest BCUT2D eigenvalue weighted by Gasteiger charge is -2.07. The standard InChI is InChI=1S/C21H20N4O3/c26-20(11-14-5-6-14)22-9-10-27-21-8-7-19-23-13-16(25(19)24-21)18-12-15-3-1-2-4-17(15)28-18/h1-4,7-8,12-14H,5-6,9-11H2,(H,22,26). The van der Waals surface area contributed by atoms with E-state index in [4.69, 9.17) is 9.15 Å². The van der Waals surface area contributed by atoms with Gasteiger partial charge in [0, 0.05) is 17.9 Å². The molecule has 1 aromatic carbocycles. The van der Waals surface area contributed by atoms with E-state index in [-0.39, 0.29) is 5.91 Å². The number of para-hydroxylation sites is 1. The number of imidazole rings is 1. The summed E-state index contributed by atoms with van der Waals surface area (Å²) >= 11 is 0. The second kappa shape index (κ2) is 6.99. The van der Waals surface area contributed by atoms with E-state index in [1.807, 2.05) is 36.4 Å². The van der Waals surface area contributed by atoms with E-state index in [1.165, 1.54) is 12.8 Å². The molecule has 1 aliphatic carbocycles. The van der Waals surface area contributed by atoms with E-state index in [0.29, 0.717) is 42.8 Å². The van der Waals surface area contributed by atoms with Crippen LogP contribution in [0.3, 0.4) is 0 Å². The van der Waals surface area contributed by atoms with Crippen LogP contribution < -0.4 is 10.1 Å². The minimum Gasteiger partial charge on any atom is -0.475 e. The molecular formula is C21H20N4O3. The van der Waals surface area contributed by atoms with Gasteiger partial charge in [-0.25, -0.2) is 9.50 Å². The van der Waals surface area contributed by atoms with Gasteiger partial charge in [0.05, 0.1) is 12.7 Å². The molecule has 4 aromatic rings.